The van der Waals surface area contributed by atoms with Crippen molar-refractivity contribution in [3.05, 3.63) is 88.1 Å². The Balaban J connectivity index is 1.59. The van der Waals surface area contributed by atoms with Gasteiger partial charge < -0.3 is 5.11 Å². The lowest BCUT2D eigenvalue weighted by Gasteiger charge is -2.10. The Morgan fingerprint density at radius 1 is 1.12 bits per heavy atom. The maximum atomic E-state index is 11.7. The molecular formula is C22H18ClNO2. The smallest absolute Gasteiger partial charge is 0.335 e. The Kier molecular flexibility index (Phi) is 4.48. The van der Waals surface area contributed by atoms with E-state index in [0.717, 1.165) is 40.8 Å². The molecule has 1 N–H and O–H groups in total. The quantitative estimate of drug-likeness (QED) is 0.644. The molecule has 130 valence electrons. The molecule has 0 atom stereocenters. The molecule has 0 radical (unpaired) electrons. The SMILES string of the molecule is O=C(O)c1cc(C2CC2)ccc1Cc1ccc(-c2ccccc2Cl)nc1. The summed E-state index contributed by atoms with van der Waals surface area (Å²) in [7, 11) is 0. The van der Waals surface area contributed by atoms with Gasteiger partial charge in [0.1, 0.15) is 0 Å². The van der Waals surface area contributed by atoms with E-state index in [9.17, 15) is 9.90 Å². The number of nitrogens with zero attached hydrogens (tertiary/aromatic N) is 1. The van der Waals surface area contributed by atoms with Crippen LogP contribution in [0.15, 0.2) is 60.8 Å². The third kappa shape index (κ3) is 3.49. The molecule has 1 aliphatic carbocycles. The van der Waals surface area contributed by atoms with Gasteiger partial charge in [0.15, 0.2) is 0 Å². The number of benzene rings is 2. The van der Waals surface area contributed by atoms with Crippen molar-refractivity contribution in [1.82, 2.24) is 4.98 Å². The zero-order valence-corrected chi connectivity index (χ0v) is 14.9. The molecule has 4 heteroatoms. The van der Waals surface area contributed by atoms with E-state index in [0.29, 0.717) is 22.9 Å². The van der Waals surface area contributed by atoms with Gasteiger partial charge in [-0.3, -0.25) is 4.98 Å². The summed E-state index contributed by atoms with van der Waals surface area (Å²) in [5.74, 6) is -0.332. The monoisotopic (exact) mass is 363 g/mol. The largest absolute Gasteiger partial charge is 0.478 e. The molecule has 3 nitrogen and oxygen atoms in total. The van der Waals surface area contributed by atoms with E-state index in [1.165, 1.54) is 0 Å². The maximum absolute atomic E-state index is 11.7. The molecule has 0 bridgehead atoms. The highest BCUT2D eigenvalue weighted by atomic mass is 35.5. The predicted molar refractivity (Wildman–Crippen MR) is 103 cm³/mol. The predicted octanol–water partition coefficient (Wildman–Crippen LogP) is 5.57. The van der Waals surface area contributed by atoms with Gasteiger partial charge in [-0.25, -0.2) is 4.79 Å². The average molecular weight is 364 g/mol. The highest BCUT2D eigenvalue weighted by Gasteiger charge is 2.25. The minimum atomic E-state index is -0.872. The van der Waals surface area contributed by atoms with E-state index in [2.05, 4.69) is 11.1 Å². The van der Waals surface area contributed by atoms with Crippen LogP contribution < -0.4 is 0 Å². The molecule has 26 heavy (non-hydrogen) atoms. The number of rotatable bonds is 5. The normalized spacial score (nSPS) is 13.6. The van der Waals surface area contributed by atoms with Crippen LogP contribution in [-0.2, 0) is 6.42 Å². The Hall–Kier alpha value is -2.65. The minimum Gasteiger partial charge on any atom is -0.478 e. The second kappa shape index (κ2) is 6.93. The summed E-state index contributed by atoms with van der Waals surface area (Å²) in [5.41, 5.74) is 5.02. The molecule has 0 aliphatic heterocycles. The topological polar surface area (TPSA) is 50.2 Å². The molecule has 1 heterocycles. The standard InChI is InChI=1S/C22H18ClNO2/c23-20-4-2-1-3-18(20)21-10-5-14(13-24-21)11-17-9-8-16(15-6-7-15)12-19(17)22(25)26/h1-5,8-10,12-13,15H,6-7,11H2,(H,25,26). The molecule has 1 saturated carbocycles. The van der Waals surface area contributed by atoms with Crippen molar-refractivity contribution < 1.29 is 9.90 Å². The average Bonchev–Trinajstić information content (AvgIpc) is 3.48. The van der Waals surface area contributed by atoms with Gasteiger partial charge in [0, 0.05) is 16.8 Å². The number of carboxylic acid groups (broad SMARTS) is 1. The second-order valence-electron chi connectivity index (χ2n) is 6.70. The van der Waals surface area contributed by atoms with E-state index in [-0.39, 0.29) is 0 Å². The van der Waals surface area contributed by atoms with Gasteiger partial charge in [-0.15, -0.1) is 0 Å². The van der Waals surface area contributed by atoms with E-state index in [1.54, 1.807) is 6.20 Å². The molecule has 1 fully saturated rings. The summed E-state index contributed by atoms with van der Waals surface area (Å²) >= 11 is 6.22. The lowest BCUT2D eigenvalue weighted by atomic mass is 9.96. The van der Waals surface area contributed by atoms with Crippen molar-refractivity contribution in [2.45, 2.75) is 25.2 Å². The fraction of sp³-hybridized carbons (Fsp3) is 0.182. The Morgan fingerprint density at radius 3 is 2.58 bits per heavy atom. The van der Waals surface area contributed by atoms with Crippen molar-refractivity contribution in [1.29, 1.82) is 0 Å². The third-order valence-electron chi connectivity index (χ3n) is 4.78. The number of hydrogen-bond acceptors (Lipinski definition) is 2. The van der Waals surface area contributed by atoms with Crippen LogP contribution >= 0.6 is 11.6 Å². The first-order chi connectivity index (χ1) is 12.6. The van der Waals surface area contributed by atoms with Crippen molar-refractivity contribution in [3.63, 3.8) is 0 Å². The molecule has 3 aromatic rings. The van der Waals surface area contributed by atoms with Gasteiger partial charge in [0.25, 0.3) is 0 Å². The fourth-order valence-corrected chi connectivity index (χ4v) is 3.43. The zero-order chi connectivity index (χ0) is 18.1. The van der Waals surface area contributed by atoms with Gasteiger partial charge in [0.05, 0.1) is 11.3 Å². The first kappa shape index (κ1) is 16.8. The van der Waals surface area contributed by atoms with E-state index in [1.807, 2.05) is 48.5 Å². The molecule has 0 amide bonds. The van der Waals surface area contributed by atoms with Crippen LogP contribution in [-0.4, -0.2) is 16.1 Å². The molecule has 0 spiro atoms. The van der Waals surface area contributed by atoms with Crippen LogP contribution in [0.25, 0.3) is 11.3 Å². The zero-order valence-electron chi connectivity index (χ0n) is 14.2. The summed E-state index contributed by atoms with van der Waals surface area (Å²) in [6.45, 7) is 0. The lowest BCUT2D eigenvalue weighted by Crippen LogP contribution is -2.04. The van der Waals surface area contributed by atoms with Crippen LogP contribution in [0.5, 0.6) is 0 Å². The lowest BCUT2D eigenvalue weighted by molar-refractivity contribution is 0.0695. The molecule has 0 saturated heterocycles. The molecule has 1 aliphatic rings. The molecule has 4 rings (SSSR count). The van der Waals surface area contributed by atoms with Crippen LogP contribution in [0.1, 0.15) is 45.8 Å². The summed E-state index contributed by atoms with van der Waals surface area (Å²) in [4.78, 5) is 16.2. The van der Waals surface area contributed by atoms with Crippen molar-refractivity contribution in [2.75, 3.05) is 0 Å². The number of carbonyl (C=O) groups is 1. The van der Waals surface area contributed by atoms with Gasteiger partial charge in [0.2, 0.25) is 0 Å². The first-order valence-corrected chi connectivity index (χ1v) is 9.05. The van der Waals surface area contributed by atoms with Crippen molar-refractivity contribution >= 4 is 17.6 Å². The number of aromatic carboxylic acids is 1. The van der Waals surface area contributed by atoms with Crippen LogP contribution in [0.3, 0.4) is 0 Å². The van der Waals surface area contributed by atoms with Gasteiger partial charge in [-0.05, 0) is 60.1 Å². The number of halogens is 1. The van der Waals surface area contributed by atoms with E-state index in [4.69, 9.17) is 11.6 Å². The first-order valence-electron chi connectivity index (χ1n) is 8.68. The molecule has 0 unspecified atom stereocenters. The highest BCUT2D eigenvalue weighted by Crippen LogP contribution is 2.40. The molecule has 2 aromatic carbocycles. The Morgan fingerprint density at radius 2 is 1.92 bits per heavy atom. The van der Waals surface area contributed by atoms with Crippen LogP contribution in [0, 0.1) is 0 Å². The Labute approximate surface area is 157 Å². The number of pyridine rings is 1. The maximum Gasteiger partial charge on any atom is 0.335 e. The number of carboxylic acids is 1. The van der Waals surface area contributed by atoms with Gasteiger partial charge in [-0.2, -0.15) is 0 Å². The summed E-state index contributed by atoms with van der Waals surface area (Å²) in [5, 5.41) is 10.2. The van der Waals surface area contributed by atoms with Gasteiger partial charge in [-0.1, -0.05) is 48.0 Å². The van der Waals surface area contributed by atoms with E-state index >= 15 is 0 Å². The van der Waals surface area contributed by atoms with Crippen LogP contribution in [0.2, 0.25) is 5.02 Å². The fourth-order valence-electron chi connectivity index (χ4n) is 3.20. The summed E-state index contributed by atoms with van der Waals surface area (Å²) < 4.78 is 0. The van der Waals surface area contributed by atoms with Crippen LogP contribution in [0.4, 0.5) is 0 Å². The Bertz CT molecular complexity index is 962. The third-order valence-corrected chi connectivity index (χ3v) is 5.11. The van der Waals surface area contributed by atoms with Gasteiger partial charge >= 0.3 is 5.97 Å². The second-order valence-corrected chi connectivity index (χ2v) is 7.11. The summed E-state index contributed by atoms with van der Waals surface area (Å²) in [6, 6.07) is 17.3. The molecular weight excluding hydrogens is 346 g/mol. The number of aromatic nitrogens is 1. The minimum absolute atomic E-state index is 0.393. The van der Waals surface area contributed by atoms with Crippen molar-refractivity contribution in [2.24, 2.45) is 0 Å². The van der Waals surface area contributed by atoms with E-state index < -0.39 is 5.97 Å². The number of hydrogen-bond donors (Lipinski definition) is 1. The van der Waals surface area contributed by atoms with Crippen molar-refractivity contribution in [3.8, 4) is 11.3 Å². The highest BCUT2D eigenvalue weighted by molar-refractivity contribution is 6.33. The summed E-state index contributed by atoms with van der Waals surface area (Å²) in [6.07, 6.45) is 4.65. The molecule has 1 aromatic heterocycles.